The van der Waals surface area contributed by atoms with Crippen molar-refractivity contribution in [3.8, 4) is 0 Å². The largest absolute Gasteiger partial charge is 0.457 e. The molecule has 1 N–H and O–H groups in total. The van der Waals surface area contributed by atoms with E-state index in [1.165, 1.54) is 30.3 Å². The van der Waals surface area contributed by atoms with Crippen molar-refractivity contribution in [2.24, 2.45) is 0 Å². The third-order valence-corrected chi connectivity index (χ3v) is 3.47. The van der Waals surface area contributed by atoms with Gasteiger partial charge >= 0.3 is 5.97 Å². The molecule has 2 rings (SSSR count). The van der Waals surface area contributed by atoms with Crippen LogP contribution in [0.3, 0.4) is 0 Å². The maximum Gasteiger partial charge on any atom is 0.310 e. The van der Waals surface area contributed by atoms with E-state index in [4.69, 9.17) is 4.74 Å². The van der Waals surface area contributed by atoms with Crippen LogP contribution in [0, 0.1) is 5.82 Å². The molecule has 0 aliphatic heterocycles. The number of esters is 1. The van der Waals surface area contributed by atoms with Crippen molar-refractivity contribution in [2.45, 2.75) is 19.8 Å². The second-order valence-electron chi connectivity index (χ2n) is 5.33. The number of rotatable bonds is 7. The van der Waals surface area contributed by atoms with Gasteiger partial charge in [0.15, 0.2) is 12.4 Å². The van der Waals surface area contributed by atoms with Gasteiger partial charge in [0.05, 0.1) is 6.42 Å². The average Bonchev–Trinajstić information content (AvgIpc) is 2.62. The summed E-state index contributed by atoms with van der Waals surface area (Å²) in [6, 6.07) is 12.2. The Kier molecular flexibility index (Phi) is 6.39. The number of nitrogens with one attached hydrogen (secondary N) is 1. The lowest BCUT2D eigenvalue weighted by atomic mass is 10.1. The van der Waals surface area contributed by atoms with Gasteiger partial charge in [-0.2, -0.15) is 0 Å². The minimum Gasteiger partial charge on any atom is -0.457 e. The Morgan fingerprint density at radius 3 is 2.36 bits per heavy atom. The predicted octanol–water partition coefficient (Wildman–Crippen LogP) is 3.14. The first-order chi connectivity index (χ1) is 12.0. The summed E-state index contributed by atoms with van der Waals surface area (Å²) in [6.45, 7) is 1.32. The quantitative estimate of drug-likeness (QED) is 0.619. The van der Waals surface area contributed by atoms with Gasteiger partial charge in [-0.3, -0.25) is 14.4 Å². The molecule has 2 aromatic carbocycles. The Bertz CT molecular complexity index is 771. The van der Waals surface area contributed by atoms with Crippen LogP contribution in [0.4, 0.5) is 10.1 Å². The van der Waals surface area contributed by atoms with Gasteiger partial charge in [-0.15, -0.1) is 0 Å². The molecule has 5 nitrogen and oxygen atoms in total. The molecule has 6 heteroatoms. The first kappa shape index (κ1) is 18.3. The first-order valence-electron chi connectivity index (χ1n) is 7.81. The molecular formula is C19H18FNO4. The zero-order valence-electron chi connectivity index (χ0n) is 13.8. The summed E-state index contributed by atoms with van der Waals surface area (Å²) < 4.78 is 18.4. The van der Waals surface area contributed by atoms with Crippen LogP contribution in [-0.2, 0) is 20.7 Å². The number of hydrogen-bond donors (Lipinski definition) is 1. The van der Waals surface area contributed by atoms with E-state index in [-0.39, 0.29) is 23.7 Å². The van der Waals surface area contributed by atoms with Crippen molar-refractivity contribution in [1.82, 2.24) is 0 Å². The molecule has 0 fully saturated rings. The maximum atomic E-state index is 13.5. The number of ether oxygens (including phenoxy) is 1. The zero-order chi connectivity index (χ0) is 18.2. The Hall–Kier alpha value is -3.02. The standard InChI is InChI=1S/C19H18FNO4/c1-2-18(23)21-15-9-7-13(8-10-15)17(22)12-25-19(24)11-14-5-3-4-6-16(14)20/h3-10H,2,11-12H2,1H3,(H,21,23). The lowest BCUT2D eigenvalue weighted by Gasteiger charge is -2.07. The van der Waals surface area contributed by atoms with Crippen LogP contribution in [0.1, 0.15) is 29.3 Å². The number of anilines is 1. The highest BCUT2D eigenvalue weighted by molar-refractivity contribution is 5.98. The number of amides is 1. The predicted molar refractivity (Wildman–Crippen MR) is 90.8 cm³/mol. The van der Waals surface area contributed by atoms with Crippen molar-refractivity contribution in [3.05, 3.63) is 65.5 Å². The maximum absolute atomic E-state index is 13.5. The molecule has 0 heterocycles. The molecule has 0 aliphatic carbocycles. The van der Waals surface area contributed by atoms with Gasteiger partial charge in [0.25, 0.3) is 0 Å². The molecule has 130 valence electrons. The molecule has 0 aromatic heterocycles. The summed E-state index contributed by atoms with van der Waals surface area (Å²) in [4.78, 5) is 35.0. The van der Waals surface area contributed by atoms with Crippen LogP contribution >= 0.6 is 0 Å². The minimum absolute atomic E-state index is 0.124. The topological polar surface area (TPSA) is 72.5 Å². The summed E-state index contributed by atoms with van der Waals surface area (Å²) in [5, 5.41) is 2.67. The molecule has 0 saturated heterocycles. The third-order valence-electron chi connectivity index (χ3n) is 3.47. The van der Waals surface area contributed by atoms with Gasteiger partial charge in [0, 0.05) is 17.7 Å². The normalized spacial score (nSPS) is 10.2. The summed E-state index contributed by atoms with van der Waals surface area (Å²) in [5.74, 6) is -1.67. The van der Waals surface area contributed by atoms with E-state index >= 15 is 0 Å². The van der Waals surface area contributed by atoms with Gasteiger partial charge in [-0.25, -0.2) is 4.39 Å². The fraction of sp³-hybridized carbons (Fsp3) is 0.211. The fourth-order valence-corrected chi connectivity index (χ4v) is 2.07. The van der Waals surface area contributed by atoms with Gasteiger partial charge in [-0.1, -0.05) is 25.1 Å². The van der Waals surface area contributed by atoms with Crippen LogP contribution in [0.25, 0.3) is 0 Å². The number of hydrogen-bond acceptors (Lipinski definition) is 4. The van der Waals surface area contributed by atoms with Crippen LogP contribution in [0.15, 0.2) is 48.5 Å². The van der Waals surface area contributed by atoms with Crippen molar-refractivity contribution in [1.29, 1.82) is 0 Å². The number of Topliss-reactive ketones (excluding diaryl/α,β-unsaturated/α-hetero) is 1. The van der Waals surface area contributed by atoms with E-state index in [9.17, 15) is 18.8 Å². The summed E-state index contributed by atoms with van der Waals surface area (Å²) in [5.41, 5.74) is 1.16. The summed E-state index contributed by atoms with van der Waals surface area (Å²) >= 11 is 0. The highest BCUT2D eigenvalue weighted by Gasteiger charge is 2.12. The van der Waals surface area contributed by atoms with E-state index in [0.29, 0.717) is 17.7 Å². The van der Waals surface area contributed by atoms with E-state index in [1.54, 1.807) is 25.1 Å². The Labute approximate surface area is 144 Å². The average molecular weight is 343 g/mol. The highest BCUT2D eigenvalue weighted by Crippen LogP contribution is 2.11. The summed E-state index contributed by atoms with van der Waals surface area (Å²) in [6.07, 6.45) is 0.126. The van der Waals surface area contributed by atoms with E-state index in [1.807, 2.05) is 0 Å². The molecule has 0 aliphatic rings. The molecule has 0 saturated carbocycles. The molecular weight excluding hydrogens is 325 g/mol. The van der Waals surface area contributed by atoms with Crippen molar-refractivity contribution >= 4 is 23.3 Å². The van der Waals surface area contributed by atoms with Crippen LogP contribution in [0.2, 0.25) is 0 Å². The smallest absolute Gasteiger partial charge is 0.310 e. The lowest BCUT2D eigenvalue weighted by Crippen LogP contribution is -2.16. The molecule has 0 atom stereocenters. The van der Waals surface area contributed by atoms with Gasteiger partial charge in [0.2, 0.25) is 5.91 Å². The van der Waals surface area contributed by atoms with Gasteiger partial charge in [-0.05, 0) is 35.9 Å². The number of ketones is 1. The fourth-order valence-electron chi connectivity index (χ4n) is 2.07. The third kappa shape index (κ3) is 5.53. The van der Waals surface area contributed by atoms with Gasteiger partial charge < -0.3 is 10.1 Å². The van der Waals surface area contributed by atoms with Crippen molar-refractivity contribution in [2.75, 3.05) is 11.9 Å². The van der Waals surface area contributed by atoms with Crippen LogP contribution in [-0.4, -0.2) is 24.3 Å². The second-order valence-corrected chi connectivity index (χ2v) is 5.33. The molecule has 0 radical (unpaired) electrons. The monoisotopic (exact) mass is 343 g/mol. The van der Waals surface area contributed by atoms with Crippen LogP contribution < -0.4 is 5.32 Å². The molecule has 25 heavy (non-hydrogen) atoms. The van der Waals surface area contributed by atoms with Gasteiger partial charge in [0.1, 0.15) is 5.82 Å². The number of halogens is 1. The van der Waals surface area contributed by atoms with E-state index in [2.05, 4.69) is 5.32 Å². The SMILES string of the molecule is CCC(=O)Nc1ccc(C(=O)COC(=O)Cc2ccccc2F)cc1. The number of carbonyl (C=O) groups excluding carboxylic acids is 3. The summed E-state index contributed by atoms with van der Waals surface area (Å²) in [7, 11) is 0. The van der Waals surface area contributed by atoms with E-state index in [0.717, 1.165) is 0 Å². The van der Waals surface area contributed by atoms with Crippen molar-refractivity contribution in [3.63, 3.8) is 0 Å². The first-order valence-corrected chi connectivity index (χ1v) is 7.81. The van der Waals surface area contributed by atoms with E-state index < -0.39 is 18.4 Å². The lowest BCUT2D eigenvalue weighted by molar-refractivity contribution is -0.141. The Morgan fingerprint density at radius 2 is 1.72 bits per heavy atom. The molecule has 0 spiro atoms. The molecule has 2 aromatic rings. The second kappa shape index (κ2) is 8.73. The minimum atomic E-state index is -0.676. The number of carbonyl (C=O) groups is 3. The van der Waals surface area contributed by atoms with Crippen molar-refractivity contribution < 1.29 is 23.5 Å². The van der Waals surface area contributed by atoms with Crippen LogP contribution in [0.5, 0.6) is 0 Å². The molecule has 0 unspecified atom stereocenters. The number of benzene rings is 2. The molecule has 0 bridgehead atoms. The Balaban J connectivity index is 1.86. The highest BCUT2D eigenvalue weighted by atomic mass is 19.1. The molecule has 1 amide bonds. The Morgan fingerprint density at radius 1 is 1.04 bits per heavy atom. The zero-order valence-corrected chi connectivity index (χ0v) is 13.8.